The monoisotopic (exact) mass is 335 g/mol. The Morgan fingerprint density at radius 2 is 1.83 bits per heavy atom. The van der Waals surface area contributed by atoms with Gasteiger partial charge in [-0.3, -0.25) is 19.0 Å². The quantitative estimate of drug-likeness (QED) is 0.643. The number of rotatable bonds is 6. The lowest BCUT2D eigenvalue weighted by atomic mass is 10.2. The molecule has 7 heteroatoms. The summed E-state index contributed by atoms with van der Waals surface area (Å²) in [6, 6.07) is 11.9. The van der Waals surface area contributed by atoms with Gasteiger partial charge in [-0.15, -0.1) is 0 Å². The lowest BCUT2D eigenvalue weighted by Gasteiger charge is -2.09. The van der Waals surface area contributed by atoms with E-state index in [0.717, 1.165) is 10.1 Å². The van der Waals surface area contributed by atoms with E-state index < -0.39 is 24.0 Å². The molecule has 2 aromatic rings. The van der Waals surface area contributed by atoms with Gasteiger partial charge in [-0.2, -0.15) is 0 Å². The minimum Gasteiger partial charge on any atom is -0.480 e. The summed E-state index contributed by atoms with van der Waals surface area (Å²) < 4.78 is 5.99. The lowest BCUT2D eigenvalue weighted by Crippen LogP contribution is -2.28. The topological polar surface area (TPSA) is 85.6 Å². The van der Waals surface area contributed by atoms with Crippen molar-refractivity contribution in [2.24, 2.45) is 0 Å². The van der Waals surface area contributed by atoms with E-state index in [0.29, 0.717) is 0 Å². The van der Waals surface area contributed by atoms with Crippen LogP contribution in [0.4, 0.5) is 0 Å². The van der Waals surface area contributed by atoms with Gasteiger partial charge in [-0.25, -0.2) is 0 Å². The molecular formula is C16H14ClNO5. The summed E-state index contributed by atoms with van der Waals surface area (Å²) in [5.74, 6) is -1.77. The van der Waals surface area contributed by atoms with Crippen LogP contribution in [0.25, 0.3) is 0 Å². The summed E-state index contributed by atoms with van der Waals surface area (Å²) in [5, 5.41) is 8.79. The molecule has 0 atom stereocenters. The number of carboxylic acids is 1. The Balaban J connectivity index is 2.06. The van der Waals surface area contributed by atoms with E-state index in [9.17, 15) is 14.4 Å². The van der Waals surface area contributed by atoms with Gasteiger partial charge in [-0.05, 0) is 17.7 Å². The van der Waals surface area contributed by atoms with Gasteiger partial charge in [0.15, 0.2) is 0 Å². The smallest absolute Gasteiger partial charge is 0.323 e. The molecule has 0 unspecified atom stereocenters. The molecule has 1 aromatic heterocycles. The summed E-state index contributed by atoms with van der Waals surface area (Å²) in [6.07, 6.45) is -0.248. The first-order chi connectivity index (χ1) is 11.0. The third-order valence-corrected chi connectivity index (χ3v) is 3.40. The van der Waals surface area contributed by atoms with Crippen LogP contribution >= 0.6 is 11.6 Å². The SMILES string of the molecule is O=C(O)Cn1c(Cl)ccc(CC(=O)OCc2ccccc2)c1=O. The standard InChI is InChI=1S/C16H14ClNO5/c17-13-7-6-12(16(22)18(13)9-14(19)20)8-15(21)23-10-11-4-2-1-3-5-11/h1-7H,8-10H2,(H,19,20). The highest BCUT2D eigenvalue weighted by atomic mass is 35.5. The van der Waals surface area contributed by atoms with Gasteiger partial charge in [0.25, 0.3) is 5.56 Å². The number of carbonyl (C=O) groups excluding carboxylic acids is 1. The number of pyridine rings is 1. The maximum absolute atomic E-state index is 12.1. The second kappa shape index (κ2) is 7.60. The molecule has 0 aliphatic heterocycles. The van der Waals surface area contributed by atoms with Crippen molar-refractivity contribution in [3.05, 3.63) is 69.1 Å². The second-order valence-electron chi connectivity index (χ2n) is 4.79. The van der Waals surface area contributed by atoms with Crippen LogP contribution in [0.2, 0.25) is 5.15 Å². The average molecular weight is 336 g/mol. The first kappa shape index (κ1) is 16.8. The molecule has 0 aliphatic rings. The molecule has 6 nitrogen and oxygen atoms in total. The van der Waals surface area contributed by atoms with Crippen molar-refractivity contribution in [2.45, 2.75) is 19.6 Å². The van der Waals surface area contributed by atoms with Crippen LogP contribution in [0, 0.1) is 0 Å². The van der Waals surface area contributed by atoms with Crippen molar-refractivity contribution >= 4 is 23.5 Å². The normalized spacial score (nSPS) is 10.3. The zero-order chi connectivity index (χ0) is 16.8. The number of aromatic nitrogens is 1. The molecule has 1 N–H and O–H groups in total. The minimum absolute atomic E-state index is 0.00111. The highest BCUT2D eigenvalue weighted by Gasteiger charge is 2.14. The molecule has 1 aromatic carbocycles. The van der Waals surface area contributed by atoms with E-state index in [2.05, 4.69) is 0 Å². The molecule has 0 aliphatic carbocycles. The molecule has 23 heavy (non-hydrogen) atoms. The highest BCUT2D eigenvalue weighted by Crippen LogP contribution is 2.08. The number of aliphatic carboxylic acids is 1. The molecule has 120 valence electrons. The Labute approximate surface area is 136 Å². The van der Waals surface area contributed by atoms with Crippen molar-refractivity contribution in [2.75, 3.05) is 0 Å². The number of carbonyl (C=O) groups is 2. The number of esters is 1. The largest absolute Gasteiger partial charge is 0.480 e. The molecule has 1 heterocycles. The van der Waals surface area contributed by atoms with Gasteiger partial charge in [-0.1, -0.05) is 41.9 Å². The van der Waals surface area contributed by atoms with Crippen molar-refractivity contribution < 1.29 is 19.4 Å². The van der Waals surface area contributed by atoms with Gasteiger partial charge in [0.2, 0.25) is 0 Å². The van der Waals surface area contributed by atoms with E-state index in [1.165, 1.54) is 12.1 Å². The number of carboxylic acid groups (broad SMARTS) is 1. The fourth-order valence-corrected chi connectivity index (χ4v) is 2.16. The van der Waals surface area contributed by atoms with Crippen LogP contribution < -0.4 is 5.56 Å². The fourth-order valence-electron chi connectivity index (χ4n) is 1.96. The highest BCUT2D eigenvalue weighted by molar-refractivity contribution is 6.29. The maximum atomic E-state index is 12.1. The number of benzene rings is 1. The first-order valence-corrected chi connectivity index (χ1v) is 7.14. The Morgan fingerprint density at radius 3 is 2.48 bits per heavy atom. The van der Waals surface area contributed by atoms with Crippen molar-refractivity contribution in [3.63, 3.8) is 0 Å². The van der Waals surface area contributed by atoms with Crippen molar-refractivity contribution in [1.82, 2.24) is 4.57 Å². The molecule has 2 rings (SSSR count). The van der Waals surface area contributed by atoms with E-state index in [4.69, 9.17) is 21.4 Å². The van der Waals surface area contributed by atoms with Crippen LogP contribution in [0.1, 0.15) is 11.1 Å². The summed E-state index contributed by atoms with van der Waals surface area (Å²) in [4.78, 5) is 34.7. The molecule has 0 saturated heterocycles. The average Bonchev–Trinajstić information content (AvgIpc) is 2.53. The van der Waals surface area contributed by atoms with E-state index >= 15 is 0 Å². The maximum Gasteiger partial charge on any atom is 0.323 e. The molecule has 0 saturated carbocycles. The first-order valence-electron chi connectivity index (χ1n) is 6.77. The van der Waals surface area contributed by atoms with E-state index in [1.54, 1.807) is 0 Å². The second-order valence-corrected chi connectivity index (χ2v) is 5.18. The van der Waals surface area contributed by atoms with Gasteiger partial charge in [0, 0.05) is 5.56 Å². The number of hydrogen-bond acceptors (Lipinski definition) is 4. The molecule has 0 fully saturated rings. The number of halogens is 1. The lowest BCUT2D eigenvalue weighted by molar-refractivity contribution is -0.144. The number of hydrogen-bond donors (Lipinski definition) is 1. The minimum atomic E-state index is -1.20. The van der Waals surface area contributed by atoms with Crippen molar-refractivity contribution in [3.8, 4) is 0 Å². The number of nitrogens with zero attached hydrogens (tertiary/aromatic N) is 1. The summed E-state index contributed by atoms with van der Waals surface area (Å²) >= 11 is 5.81. The zero-order valence-corrected chi connectivity index (χ0v) is 12.8. The Morgan fingerprint density at radius 1 is 1.13 bits per heavy atom. The van der Waals surface area contributed by atoms with Gasteiger partial charge in [0.05, 0.1) is 6.42 Å². The van der Waals surface area contributed by atoms with E-state index in [1.807, 2.05) is 30.3 Å². The Kier molecular flexibility index (Phi) is 5.54. The van der Waals surface area contributed by atoms with Crippen LogP contribution in [-0.2, 0) is 33.9 Å². The molecule has 0 amide bonds. The zero-order valence-electron chi connectivity index (χ0n) is 12.1. The van der Waals surface area contributed by atoms with Gasteiger partial charge >= 0.3 is 11.9 Å². The molecular weight excluding hydrogens is 322 g/mol. The molecule has 0 radical (unpaired) electrons. The van der Waals surface area contributed by atoms with Gasteiger partial charge < -0.3 is 9.84 Å². The van der Waals surface area contributed by atoms with Crippen LogP contribution in [0.3, 0.4) is 0 Å². The summed E-state index contributed by atoms with van der Waals surface area (Å²) in [5.41, 5.74) is 0.352. The third kappa shape index (κ3) is 4.69. The summed E-state index contributed by atoms with van der Waals surface area (Å²) in [6.45, 7) is -0.457. The molecule has 0 bridgehead atoms. The van der Waals surface area contributed by atoms with Gasteiger partial charge in [0.1, 0.15) is 18.3 Å². The Bertz CT molecular complexity index is 770. The van der Waals surface area contributed by atoms with E-state index in [-0.39, 0.29) is 23.7 Å². The predicted molar refractivity (Wildman–Crippen MR) is 83.3 cm³/mol. The van der Waals surface area contributed by atoms with Crippen LogP contribution in [0.5, 0.6) is 0 Å². The number of ether oxygens (including phenoxy) is 1. The van der Waals surface area contributed by atoms with Crippen molar-refractivity contribution in [1.29, 1.82) is 0 Å². The predicted octanol–water partition coefficient (Wildman–Crippen LogP) is 1.87. The van der Waals surface area contributed by atoms with Crippen LogP contribution in [0.15, 0.2) is 47.3 Å². The Hall–Kier alpha value is -2.60. The summed E-state index contributed by atoms with van der Waals surface area (Å²) in [7, 11) is 0. The molecule has 0 spiro atoms. The third-order valence-electron chi connectivity index (χ3n) is 3.07. The van der Waals surface area contributed by atoms with Crippen LogP contribution in [-0.4, -0.2) is 21.6 Å². The fraction of sp³-hybridized carbons (Fsp3) is 0.188.